The molecule has 136 valence electrons. The second-order valence-corrected chi connectivity index (χ2v) is 8.83. The maximum Gasteiger partial charge on any atom is 0.230 e. The minimum atomic E-state index is -3.40. The van der Waals surface area contributed by atoms with E-state index in [4.69, 9.17) is 4.98 Å². The number of anilines is 2. The summed E-state index contributed by atoms with van der Waals surface area (Å²) in [7, 11) is -3.40. The summed E-state index contributed by atoms with van der Waals surface area (Å²) in [5.74, 6) is 1.58. The molecule has 0 unspecified atom stereocenters. The van der Waals surface area contributed by atoms with Crippen LogP contribution in [0.5, 0.6) is 0 Å². The van der Waals surface area contributed by atoms with Gasteiger partial charge in [-0.05, 0) is 36.5 Å². The number of fused-ring (bicyclic) bond motifs is 1. The number of nitrogens with zero attached hydrogens (tertiary/aromatic N) is 3. The van der Waals surface area contributed by atoms with Crippen molar-refractivity contribution in [2.24, 2.45) is 0 Å². The second kappa shape index (κ2) is 6.78. The average molecular weight is 390 g/mol. The van der Waals surface area contributed by atoms with Crippen LogP contribution in [0.25, 0.3) is 21.6 Å². The fourth-order valence-corrected chi connectivity index (χ4v) is 4.15. The Labute approximate surface area is 155 Å². The molecule has 0 radical (unpaired) electrons. The first kappa shape index (κ1) is 17.1. The highest BCUT2D eigenvalue weighted by atomic mass is 32.2. The molecule has 8 nitrogen and oxygen atoms in total. The van der Waals surface area contributed by atoms with Gasteiger partial charge in [-0.1, -0.05) is 0 Å². The minimum absolute atomic E-state index is 0.244. The van der Waals surface area contributed by atoms with Crippen LogP contribution in [0, 0.1) is 0 Å². The van der Waals surface area contributed by atoms with Gasteiger partial charge in [0.05, 0.1) is 16.5 Å². The van der Waals surface area contributed by atoms with Gasteiger partial charge < -0.3 is 10.6 Å². The van der Waals surface area contributed by atoms with Crippen LogP contribution in [0.15, 0.2) is 29.8 Å². The number of thiophene rings is 1. The highest BCUT2D eigenvalue weighted by Gasteiger charge is 2.18. The molecule has 0 bridgehead atoms. The maximum absolute atomic E-state index is 11.4. The third-order valence-electron chi connectivity index (χ3n) is 4.01. The van der Waals surface area contributed by atoms with Gasteiger partial charge in [0.1, 0.15) is 11.6 Å². The number of nitrogens with one attached hydrogen (secondary N) is 3. The van der Waals surface area contributed by atoms with E-state index in [0.717, 1.165) is 41.8 Å². The Balaban J connectivity index is 1.73. The van der Waals surface area contributed by atoms with Crippen LogP contribution in [-0.4, -0.2) is 48.8 Å². The Morgan fingerprint density at radius 1 is 1.31 bits per heavy atom. The van der Waals surface area contributed by atoms with Gasteiger partial charge >= 0.3 is 0 Å². The first-order chi connectivity index (χ1) is 12.5. The molecule has 3 aromatic rings. The van der Waals surface area contributed by atoms with Gasteiger partial charge in [-0.25, -0.2) is 23.4 Å². The molecule has 1 aliphatic rings. The fourth-order valence-electron chi connectivity index (χ4n) is 2.88. The average Bonchev–Trinajstić information content (AvgIpc) is 3.24. The van der Waals surface area contributed by atoms with Crippen LogP contribution in [0.2, 0.25) is 0 Å². The summed E-state index contributed by atoms with van der Waals surface area (Å²) in [6.45, 7) is 1.90. The monoisotopic (exact) mass is 390 g/mol. The van der Waals surface area contributed by atoms with Gasteiger partial charge in [0.2, 0.25) is 10.0 Å². The largest absolute Gasteiger partial charge is 0.365 e. The molecule has 26 heavy (non-hydrogen) atoms. The normalized spacial score (nSPS) is 17.5. The Hall–Kier alpha value is -2.30. The van der Waals surface area contributed by atoms with Crippen molar-refractivity contribution < 1.29 is 8.42 Å². The van der Waals surface area contributed by atoms with Crippen LogP contribution in [0.3, 0.4) is 0 Å². The Morgan fingerprint density at radius 2 is 2.19 bits per heavy atom. The number of hydrogen-bond acceptors (Lipinski definition) is 8. The van der Waals surface area contributed by atoms with Crippen LogP contribution in [0.4, 0.5) is 11.6 Å². The van der Waals surface area contributed by atoms with Crippen molar-refractivity contribution >= 4 is 43.2 Å². The molecule has 0 saturated carbocycles. The topological polar surface area (TPSA) is 109 Å². The summed E-state index contributed by atoms with van der Waals surface area (Å²) in [6.07, 6.45) is 3.68. The number of pyridine rings is 1. The molecule has 0 aliphatic carbocycles. The molecule has 0 amide bonds. The van der Waals surface area contributed by atoms with Crippen molar-refractivity contribution in [1.29, 1.82) is 0 Å². The van der Waals surface area contributed by atoms with Crippen LogP contribution < -0.4 is 15.4 Å². The SMILES string of the molecule is CS(=O)(=O)Nc1cc(-c2nc(N[C@@H]3CCNC3)c3sccc3n2)ccn1. The summed E-state index contributed by atoms with van der Waals surface area (Å²) in [4.78, 5) is 13.4. The molecule has 0 spiro atoms. The van der Waals surface area contributed by atoms with Crippen LogP contribution >= 0.6 is 11.3 Å². The molecule has 3 aromatic heterocycles. The predicted molar refractivity (Wildman–Crippen MR) is 104 cm³/mol. The molecule has 1 aliphatic heterocycles. The standard InChI is InChI=1S/C16H18N6O2S2/c1-26(23,24)22-13-8-10(2-6-18-13)15-20-12-4-7-25-14(12)16(21-15)19-11-3-5-17-9-11/h2,4,6-8,11,17H,3,5,9H2,1H3,(H,18,22)(H,19,20,21)/t11-/m1/s1. The summed E-state index contributed by atoms with van der Waals surface area (Å²) in [5.41, 5.74) is 1.56. The summed E-state index contributed by atoms with van der Waals surface area (Å²) >= 11 is 1.60. The fraction of sp³-hybridized carbons (Fsp3) is 0.312. The van der Waals surface area contributed by atoms with E-state index in [-0.39, 0.29) is 5.82 Å². The summed E-state index contributed by atoms with van der Waals surface area (Å²) in [5, 5.41) is 8.83. The zero-order valence-electron chi connectivity index (χ0n) is 14.1. The van der Waals surface area contributed by atoms with Gasteiger partial charge in [-0.15, -0.1) is 11.3 Å². The third-order valence-corrected chi connectivity index (χ3v) is 5.50. The van der Waals surface area contributed by atoms with Gasteiger partial charge in [0, 0.05) is 24.3 Å². The molecule has 3 N–H and O–H groups in total. The maximum atomic E-state index is 11.4. The first-order valence-corrected chi connectivity index (χ1v) is 10.9. The third kappa shape index (κ3) is 3.76. The number of rotatable bonds is 5. The molecule has 1 saturated heterocycles. The molecule has 0 aromatic carbocycles. The van der Waals surface area contributed by atoms with Crippen molar-refractivity contribution in [1.82, 2.24) is 20.3 Å². The van der Waals surface area contributed by atoms with E-state index in [2.05, 4.69) is 25.3 Å². The molecule has 1 atom stereocenters. The van der Waals surface area contributed by atoms with E-state index >= 15 is 0 Å². The van der Waals surface area contributed by atoms with Crippen LogP contribution in [0.1, 0.15) is 6.42 Å². The highest BCUT2D eigenvalue weighted by Crippen LogP contribution is 2.30. The first-order valence-electron chi connectivity index (χ1n) is 8.15. The molecule has 1 fully saturated rings. The van der Waals surface area contributed by atoms with E-state index in [0.29, 0.717) is 17.4 Å². The van der Waals surface area contributed by atoms with Crippen molar-refractivity contribution in [2.75, 3.05) is 29.4 Å². The lowest BCUT2D eigenvalue weighted by Gasteiger charge is -2.14. The summed E-state index contributed by atoms with van der Waals surface area (Å²) in [6, 6.07) is 5.69. The Kier molecular flexibility index (Phi) is 4.47. The van der Waals surface area contributed by atoms with Gasteiger partial charge in [0.15, 0.2) is 5.82 Å². The van der Waals surface area contributed by atoms with Crippen molar-refractivity contribution in [3.63, 3.8) is 0 Å². The van der Waals surface area contributed by atoms with E-state index in [1.807, 2.05) is 11.4 Å². The Morgan fingerprint density at radius 3 is 2.96 bits per heavy atom. The number of sulfonamides is 1. The molecule has 4 heterocycles. The Bertz CT molecular complexity index is 1040. The van der Waals surface area contributed by atoms with E-state index in [1.165, 1.54) is 6.20 Å². The molecular formula is C16H18N6O2S2. The van der Waals surface area contributed by atoms with E-state index in [1.54, 1.807) is 23.5 Å². The lowest BCUT2D eigenvalue weighted by Crippen LogP contribution is -2.22. The van der Waals surface area contributed by atoms with Gasteiger partial charge in [-0.2, -0.15) is 0 Å². The quantitative estimate of drug-likeness (QED) is 0.610. The van der Waals surface area contributed by atoms with Crippen molar-refractivity contribution in [3.05, 3.63) is 29.8 Å². The molecular weight excluding hydrogens is 372 g/mol. The number of hydrogen-bond donors (Lipinski definition) is 3. The van der Waals surface area contributed by atoms with Crippen LogP contribution in [-0.2, 0) is 10.0 Å². The van der Waals surface area contributed by atoms with E-state index in [9.17, 15) is 8.42 Å². The molecule has 10 heteroatoms. The van der Waals surface area contributed by atoms with Gasteiger partial charge in [-0.3, -0.25) is 4.72 Å². The van der Waals surface area contributed by atoms with Gasteiger partial charge in [0.25, 0.3) is 0 Å². The smallest absolute Gasteiger partial charge is 0.230 e. The lowest BCUT2D eigenvalue weighted by molar-refractivity contribution is 0.606. The second-order valence-electron chi connectivity index (χ2n) is 6.17. The zero-order valence-corrected chi connectivity index (χ0v) is 15.7. The highest BCUT2D eigenvalue weighted by molar-refractivity contribution is 7.92. The van der Waals surface area contributed by atoms with Crippen molar-refractivity contribution in [3.8, 4) is 11.4 Å². The minimum Gasteiger partial charge on any atom is -0.365 e. The molecule has 4 rings (SSSR count). The number of aromatic nitrogens is 3. The zero-order chi connectivity index (χ0) is 18.1. The van der Waals surface area contributed by atoms with Crippen molar-refractivity contribution in [2.45, 2.75) is 12.5 Å². The predicted octanol–water partition coefficient (Wildman–Crippen LogP) is 1.90. The summed E-state index contributed by atoms with van der Waals surface area (Å²) < 4.78 is 26.3. The van der Waals surface area contributed by atoms with E-state index < -0.39 is 10.0 Å². The lowest BCUT2D eigenvalue weighted by atomic mass is 10.2.